The Kier molecular flexibility index (Phi) is 9.09. The molecule has 13 heteroatoms. The van der Waals surface area contributed by atoms with E-state index in [1.165, 1.54) is 18.6 Å². The van der Waals surface area contributed by atoms with Crippen molar-refractivity contribution < 1.29 is 38.7 Å². The van der Waals surface area contributed by atoms with Gasteiger partial charge in [0, 0.05) is 18.8 Å². The summed E-state index contributed by atoms with van der Waals surface area (Å²) in [6, 6.07) is 7.94. The van der Waals surface area contributed by atoms with Gasteiger partial charge in [-0.05, 0) is 17.9 Å². The Morgan fingerprint density at radius 3 is 2.47 bits per heavy atom. The van der Waals surface area contributed by atoms with Gasteiger partial charge >= 0.3 is 19.1 Å². The average Bonchev–Trinajstić information content (AvgIpc) is 2.85. The maximum atomic E-state index is 13.4. The lowest BCUT2D eigenvalue weighted by molar-refractivity contribution is -0.172. The molecule has 0 bridgehead atoms. The van der Waals surface area contributed by atoms with E-state index >= 15 is 0 Å². The van der Waals surface area contributed by atoms with Crippen LogP contribution in [0.15, 0.2) is 48.9 Å². The van der Waals surface area contributed by atoms with Gasteiger partial charge in [-0.1, -0.05) is 44.2 Å². The predicted molar refractivity (Wildman–Crippen MR) is 125 cm³/mol. The second kappa shape index (κ2) is 12.2. The molecule has 4 atom stereocenters. The number of aliphatic hydroxyl groups excluding tert-OH is 1. The lowest BCUT2D eigenvalue weighted by Crippen LogP contribution is -2.62. The summed E-state index contributed by atoms with van der Waals surface area (Å²) in [5.74, 6) is -4.92. The summed E-state index contributed by atoms with van der Waals surface area (Å²) in [6.07, 6.45) is 0.569. The second-order valence-electron chi connectivity index (χ2n) is 8.70. The van der Waals surface area contributed by atoms with Crippen molar-refractivity contribution in [1.29, 1.82) is 0 Å². The monoisotopic (exact) mass is 498 g/mol. The number of carboxylic acid groups (broad SMARTS) is 1. The van der Waals surface area contributed by atoms with E-state index in [0.717, 1.165) is 5.56 Å². The van der Waals surface area contributed by atoms with Crippen LogP contribution in [0.5, 0.6) is 0 Å². The van der Waals surface area contributed by atoms with Gasteiger partial charge in [-0.25, -0.2) is 9.78 Å². The number of nitrogens with one attached hydrogen (secondary N) is 2. The van der Waals surface area contributed by atoms with E-state index in [9.17, 15) is 29.4 Å². The van der Waals surface area contributed by atoms with Crippen molar-refractivity contribution in [2.75, 3.05) is 0 Å². The Morgan fingerprint density at radius 2 is 1.86 bits per heavy atom. The molecule has 1 aromatic carbocycles. The van der Waals surface area contributed by atoms with Crippen molar-refractivity contribution in [2.45, 2.75) is 50.9 Å². The molecular formula is C23H27BN4O8. The molecule has 1 aromatic heterocycles. The fraction of sp³-hybridized carbons (Fsp3) is 0.391. The normalized spacial score (nSPS) is 19.2. The van der Waals surface area contributed by atoms with Gasteiger partial charge in [0.2, 0.25) is 5.91 Å². The van der Waals surface area contributed by atoms with Crippen LogP contribution in [0, 0.1) is 5.92 Å². The third kappa shape index (κ3) is 7.09. The standard InChI is InChI=1S/C23H27BN4O8/c1-13(2)10-17(24-35-19(22(32)33)18(29)23(34)36-24)28-20(30)15(11-14-6-4-3-5-7-14)27-21(31)16-12-25-8-9-26-16/h3-9,12-13,15,17-19,29H,10-11H2,1-2H3,(H,27,31)(H,28,30)(H,32,33)/t15?,17?,18-,19-/m1/s1. The first-order valence-corrected chi connectivity index (χ1v) is 11.3. The van der Waals surface area contributed by atoms with Crippen molar-refractivity contribution in [1.82, 2.24) is 20.6 Å². The molecular weight excluding hydrogens is 471 g/mol. The van der Waals surface area contributed by atoms with Gasteiger partial charge in [-0.2, -0.15) is 0 Å². The number of aliphatic carboxylic acids is 1. The number of benzene rings is 1. The molecule has 190 valence electrons. The van der Waals surface area contributed by atoms with E-state index in [2.05, 4.69) is 20.6 Å². The number of carboxylic acids is 1. The van der Waals surface area contributed by atoms with Gasteiger partial charge in [0.15, 0.2) is 12.2 Å². The van der Waals surface area contributed by atoms with Crippen molar-refractivity contribution in [2.24, 2.45) is 5.92 Å². The van der Waals surface area contributed by atoms with E-state index < -0.39 is 55.1 Å². The zero-order chi connectivity index (χ0) is 26.2. The molecule has 0 spiro atoms. The van der Waals surface area contributed by atoms with Crippen molar-refractivity contribution in [3.63, 3.8) is 0 Å². The van der Waals surface area contributed by atoms with Gasteiger partial charge in [-0.15, -0.1) is 0 Å². The minimum Gasteiger partial charge on any atom is -0.506 e. The van der Waals surface area contributed by atoms with E-state index in [0.29, 0.717) is 0 Å². The van der Waals surface area contributed by atoms with Crippen LogP contribution in [0.3, 0.4) is 0 Å². The average molecular weight is 498 g/mol. The molecule has 2 heterocycles. The summed E-state index contributed by atoms with van der Waals surface area (Å²) in [5, 5.41) is 24.5. The Hall–Kier alpha value is -3.84. The van der Waals surface area contributed by atoms with E-state index in [-0.39, 0.29) is 24.5 Å². The predicted octanol–water partition coefficient (Wildman–Crippen LogP) is -0.236. The van der Waals surface area contributed by atoms with Crippen molar-refractivity contribution in [3.8, 4) is 0 Å². The number of nitrogens with zero attached hydrogens (tertiary/aromatic N) is 2. The van der Waals surface area contributed by atoms with Gasteiger partial charge in [0.05, 0.1) is 12.1 Å². The number of hydrogen-bond acceptors (Lipinski definition) is 9. The molecule has 2 amide bonds. The Balaban J connectivity index is 1.82. The molecule has 2 unspecified atom stereocenters. The molecule has 4 N–H and O–H groups in total. The van der Waals surface area contributed by atoms with Crippen LogP contribution in [0.4, 0.5) is 0 Å². The topological polar surface area (TPSA) is 177 Å². The number of rotatable bonds is 10. The highest BCUT2D eigenvalue weighted by Crippen LogP contribution is 2.19. The molecule has 1 fully saturated rings. The van der Waals surface area contributed by atoms with Crippen LogP contribution in [0.25, 0.3) is 0 Å². The summed E-state index contributed by atoms with van der Waals surface area (Å²) < 4.78 is 10.4. The highest BCUT2D eigenvalue weighted by molar-refractivity contribution is 6.50. The minimum absolute atomic E-state index is 0.0184. The van der Waals surface area contributed by atoms with Crippen LogP contribution in [0.2, 0.25) is 0 Å². The fourth-order valence-electron chi connectivity index (χ4n) is 3.66. The number of aliphatic hydroxyl groups is 1. The first-order valence-electron chi connectivity index (χ1n) is 11.3. The van der Waals surface area contributed by atoms with E-state index in [1.807, 2.05) is 19.9 Å². The van der Waals surface area contributed by atoms with E-state index in [1.54, 1.807) is 24.3 Å². The van der Waals surface area contributed by atoms with Crippen LogP contribution in [-0.2, 0) is 30.1 Å². The summed E-state index contributed by atoms with van der Waals surface area (Å²) in [6.45, 7) is 3.70. The zero-order valence-corrected chi connectivity index (χ0v) is 19.7. The van der Waals surface area contributed by atoms with Crippen LogP contribution < -0.4 is 10.6 Å². The number of carbonyl (C=O) groups is 4. The second-order valence-corrected chi connectivity index (χ2v) is 8.70. The first kappa shape index (κ1) is 26.8. The molecule has 1 aliphatic rings. The van der Waals surface area contributed by atoms with Gasteiger partial charge in [0.1, 0.15) is 11.7 Å². The molecule has 1 saturated heterocycles. The van der Waals surface area contributed by atoms with Crippen LogP contribution in [-0.4, -0.2) is 75.2 Å². The molecule has 0 radical (unpaired) electrons. The number of carbonyl (C=O) groups excluding carboxylic acids is 3. The summed E-state index contributed by atoms with van der Waals surface area (Å²) >= 11 is 0. The molecule has 0 aliphatic carbocycles. The number of hydrogen-bond donors (Lipinski definition) is 4. The lowest BCUT2D eigenvalue weighted by atomic mass is 9.72. The summed E-state index contributed by atoms with van der Waals surface area (Å²) in [7, 11) is -1.46. The van der Waals surface area contributed by atoms with Gasteiger partial charge in [-0.3, -0.25) is 19.4 Å². The summed E-state index contributed by atoms with van der Waals surface area (Å²) in [4.78, 5) is 57.5. The molecule has 12 nitrogen and oxygen atoms in total. The lowest BCUT2D eigenvalue weighted by Gasteiger charge is -2.33. The van der Waals surface area contributed by atoms with E-state index in [4.69, 9.17) is 9.31 Å². The van der Waals surface area contributed by atoms with Crippen LogP contribution >= 0.6 is 0 Å². The molecule has 1 aliphatic heterocycles. The molecule has 3 rings (SSSR count). The molecule has 36 heavy (non-hydrogen) atoms. The Labute approximate surface area is 207 Å². The summed E-state index contributed by atoms with van der Waals surface area (Å²) in [5.41, 5.74) is 0.789. The quantitative estimate of drug-likeness (QED) is 0.320. The van der Waals surface area contributed by atoms with Crippen molar-refractivity contribution >= 4 is 30.9 Å². The molecule has 2 aromatic rings. The Morgan fingerprint density at radius 1 is 1.14 bits per heavy atom. The zero-order valence-electron chi connectivity index (χ0n) is 19.7. The third-order valence-electron chi connectivity index (χ3n) is 5.37. The van der Waals surface area contributed by atoms with Gasteiger partial charge in [0.25, 0.3) is 5.91 Å². The molecule has 0 saturated carbocycles. The number of aromatic nitrogens is 2. The SMILES string of the molecule is CC(C)CC(NC(=O)C(Cc1ccccc1)NC(=O)c1cnccn1)B1OC(=O)[C@H](O)[C@H](C(=O)O)O1. The maximum absolute atomic E-state index is 13.4. The number of amides is 2. The maximum Gasteiger partial charge on any atom is 0.552 e. The van der Waals surface area contributed by atoms with Crippen molar-refractivity contribution in [3.05, 3.63) is 60.2 Å². The fourth-order valence-corrected chi connectivity index (χ4v) is 3.66. The third-order valence-corrected chi connectivity index (χ3v) is 5.37. The smallest absolute Gasteiger partial charge is 0.506 e. The largest absolute Gasteiger partial charge is 0.552 e. The highest BCUT2D eigenvalue weighted by atomic mass is 16.7. The first-order chi connectivity index (χ1) is 17.2. The minimum atomic E-state index is -1.99. The Bertz CT molecular complexity index is 1070. The highest BCUT2D eigenvalue weighted by Gasteiger charge is 2.49. The van der Waals surface area contributed by atoms with Crippen LogP contribution in [0.1, 0.15) is 36.3 Å². The van der Waals surface area contributed by atoms with Gasteiger partial charge < -0.3 is 30.2 Å².